The van der Waals surface area contributed by atoms with Gasteiger partial charge in [0.15, 0.2) is 0 Å². The van der Waals surface area contributed by atoms with Gasteiger partial charge in [-0.3, -0.25) is 25.0 Å². The fourth-order valence-corrected chi connectivity index (χ4v) is 2.20. The summed E-state index contributed by atoms with van der Waals surface area (Å²) >= 11 is 0. The van der Waals surface area contributed by atoms with Crippen LogP contribution in [-0.4, -0.2) is 33.1 Å². The van der Waals surface area contributed by atoms with Gasteiger partial charge in [0.05, 0.1) is 27.7 Å². The standard InChI is InChI=1S/C17H17N5O6/c1-10-3-5-13(6-4-10)19-11(2)17(24)20-18-9-12-7-14(21(25)26)8-15(16(12)23)22(27)28/h3-9,11,19,23H,1-2H3,(H,20,24)/b18-9-/t11-/m1/s1. The van der Waals surface area contributed by atoms with Gasteiger partial charge in [0.2, 0.25) is 5.75 Å². The van der Waals surface area contributed by atoms with Gasteiger partial charge >= 0.3 is 5.69 Å². The molecule has 0 saturated heterocycles. The summed E-state index contributed by atoms with van der Waals surface area (Å²) in [6, 6.07) is 8.26. The van der Waals surface area contributed by atoms with E-state index in [1.54, 1.807) is 6.92 Å². The molecule has 11 heteroatoms. The highest BCUT2D eigenvalue weighted by Crippen LogP contribution is 2.33. The summed E-state index contributed by atoms with van der Waals surface area (Å²) in [6.45, 7) is 3.53. The molecule has 1 amide bonds. The van der Waals surface area contributed by atoms with Crippen LogP contribution < -0.4 is 10.7 Å². The Hall–Kier alpha value is -4.02. The Morgan fingerprint density at radius 3 is 2.39 bits per heavy atom. The number of phenolic OH excluding ortho intramolecular Hbond substituents is 1. The third-order valence-electron chi connectivity index (χ3n) is 3.72. The van der Waals surface area contributed by atoms with Crippen molar-refractivity contribution in [2.45, 2.75) is 19.9 Å². The molecule has 0 unspecified atom stereocenters. The number of nitro benzene ring substituents is 2. The van der Waals surface area contributed by atoms with Gasteiger partial charge in [-0.1, -0.05) is 17.7 Å². The van der Waals surface area contributed by atoms with Gasteiger partial charge in [-0.15, -0.1) is 0 Å². The molecular weight excluding hydrogens is 370 g/mol. The van der Waals surface area contributed by atoms with Crippen LogP contribution in [-0.2, 0) is 4.79 Å². The van der Waals surface area contributed by atoms with Crippen molar-refractivity contribution < 1.29 is 19.7 Å². The molecule has 3 N–H and O–H groups in total. The van der Waals surface area contributed by atoms with Gasteiger partial charge in [-0.05, 0) is 26.0 Å². The first kappa shape index (κ1) is 20.3. The molecule has 0 fully saturated rings. The Balaban J connectivity index is 2.10. The molecule has 0 aliphatic rings. The second-order valence-electron chi connectivity index (χ2n) is 5.88. The normalized spacial score (nSPS) is 11.8. The number of rotatable bonds is 7. The average molecular weight is 387 g/mol. The number of hydrogen-bond donors (Lipinski definition) is 3. The Morgan fingerprint density at radius 1 is 1.18 bits per heavy atom. The van der Waals surface area contributed by atoms with Crippen LogP contribution in [0.3, 0.4) is 0 Å². The minimum absolute atomic E-state index is 0.277. The maximum atomic E-state index is 12.1. The van der Waals surface area contributed by atoms with E-state index in [1.807, 2.05) is 31.2 Å². The number of aromatic hydroxyl groups is 1. The first-order chi connectivity index (χ1) is 13.2. The van der Waals surface area contributed by atoms with Crippen molar-refractivity contribution in [3.63, 3.8) is 0 Å². The van der Waals surface area contributed by atoms with E-state index in [1.165, 1.54) is 0 Å². The third kappa shape index (κ3) is 5.00. The molecule has 0 aliphatic heterocycles. The molecule has 0 radical (unpaired) electrons. The third-order valence-corrected chi connectivity index (χ3v) is 3.72. The summed E-state index contributed by atoms with van der Waals surface area (Å²) in [5.41, 5.74) is 2.29. The number of nitro groups is 2. The maximum absolute atomic E-state index is 12.1. The molecule has 0 aromatic heterocycles. The predicted octanol–water partition coefficient (Wildman–Crippen LogP) is 2.47. The Bertz CT molecular complexity index is 942. The number of phenols is 1. The topological polar surface area (TPSA) is 160 Å². The second kappa shape index (κ2) is 8.58. The number of carbonyl (C=O) groups excluding carboxylic acids is 1. The Morgan fingerprint density at radius 2 is 1.82 bits per heavy atom. The largest absolute Gasteiger partial charge is 0.502 e. The van der Waals surface area contributed by atoms with Crippen LogP contribution in [0.15, 0.2) is 41.5 Å². The minimum Gasteiger partial charge on any atom is -0.502 e. The second-order valence-corrected chi connectivity index (χ2v) is 5.88. The van der Waals surface area contributed by atoms with E-state index in [-0.39, 0.29) is 5.56 Å². The summed E-state index contributed by atoms with van der Waals surface area (Å²) in [5, 5.41) is 38.2. The number of aryl methyl sites for hydroxylation is 1. The number of nitrogens with zero attached hydrogens (tertiary/aromatic N) is 3. The lowest BCUT2D eigenvalue weighted by Gasteiger charge is -2.13. The molecule has 11 nitrogen and oxygen atoms in total. The molecule has 2 rings (SSSR count). The van der Waals surface area contributed by atoms with Gasteiger partial charge in [0.25, 0.3) is 11.6 Å². The molecule has 28 heavy (non-hydrogen) atoms. The zero-order valence-electron chi connectivity index (χ0n) is 14.9. The summed E-state index contributed by atoms with van der Waals surface area (Å²) in [5.74, 6) is -1.31. The number of amides is 1. The quantitative estimate of drug-likeness (QED) is 0.373. The van der Waals surface area contributed by atoms with Gasteiger partial charge in [0.1, 0.15) is 6.04 Å². The van der Waals surface area contributed by atoms with Gasteiger partial charge in [0, 0.05) is 11.8 Å². The maximum Gasteiger partial charge on any atom is 0.318 e. The van der Waals surface area contributed by atoms with Crippen molar-refractivity contribution in [1.29, 1.82) is 0 Å². The van der Waals surface area contributed by atoms with E-state index in [2.05, 4.69) is 15.8 Å². The van der Waals surface area contributed by atoms with E-state index >= 15 is 0 Å². The highest BCUT2D eigenvalue weighted by Gasteiger charge is 2.23. The van der Waals surface area contributed by atoms with E-state index < -0.39 is 38.9 Å². The van der Waals surface area contributed by atoms with Crippen LogP contribution >= 0.6 is 0 Å². The van der Waals surface area contributed by atoms with Crippen molar-refractivity contribution in [3.8, 4) is 5.75 Å². The summed E-state index contributed by atoms with van der Waals surface area (Å²) in [7, 11) is 0. The molecule has 146 valence electrons. The fraction of sp³-hybridized carbons (Fsp3) is 0.176. The molecule has 2 aromatic carbocycles. The molecule has 0 spiro atoms. The van der Waals surface area contributed by atoms with Crippen LogP contribution in [0.2, 0.25) is 0 Å². The summed E-state index contributed by atoms with van der Waals surface area (Å²) < 4.78 is 0. The predicted molar refractivity (Wildman–Crippen MR) is 101 cm³/mol. The summed E-state index contributed by atoms with van der Waals surface area (Å²) in [6.07, 6.45) is 0.895. The van der Waals surface area contributed by atoms with Crippen LogP contribution in [0.1, 0.15) is 18.1 Å². The van der Waals surface area contributed by atoms with Crippen molar-refractivity contribution in [2.24, 2.45) is 5.10 Å². The van der Waals surface area contributed by atoms with Crippen LogP contribution in [0.4, 0.5) is 17.1 Å². The molecule has 0 saturated carbocycles. The summed E-state index contributed by atoms with van der Waals surface area (Å²) in [4.78, 5) is 32.1. The number of anilines is 1. The minimum atomic E-state index is -0.953. The molecule has 0 bridgehead atoms. The SMILES string of the molecule is Cc1ccc(N[C@H](C)C(=O)N/N=C\c2cc([N+](=O)[O-])cc([N+](=O)[O-])c2O)cc1. The Kier molecular flexibility index (Phi) is 6.22. The first-order valence-electron chi connectivity index (χ1n) is 8.01. The lowest BCUT2D eigenvalue weighted by atomic mass is 10.1. The van der Waals surface area contributed by atoms with Crippen molar-refractivity contribution >= 4 is 29.2 Å². The zero-order valence-corrected chi connectivity index (χ0v) is 14.9. The highest BCUT2D eigenvalue weighted by atomic mass is 16.6. The van der Waals surface area contributed by atoms with Crippen LogP contribution in [0.25, 0.3) is 0 Å². The molecule has 2 aromatic rings. The molecular formula is C17H17N5O6. The number of hydrogen-bond acceptors (Lipinski definition) is 8. The number of hydrazone groups is 1. The van der Waals surface area contributed by atoms with E-state index in [0.29, 0.717) is 6.07 Å². The average Bonchev–Trinajstić information content (AvgIpc) is 2.64. The first-order valence-corrected chi connectivity index (χ1v) is 8.01. The number of nitrogens with one attached hydrogen (secondary N) is 2. The Labute approximate surface area is 159 Å². The zero-order chi connectivity index (χ0) is 20.8. The fourth-order valence-electron chi connectivity index (χ4n) is 2.20. The van der Waals surface area contributed by atoms with Gasteiger partial charge in [-0.25, -0.2) is 5.43 Å². The van der Waals surface area contributed by atoms with Gasteiger partial charge in [-0.2, -0.15) is 5.10 Å². The van der Waals surface area contributed by atoms with E-state index in [4.69, 9.17) is 0 Å². The molecule has 0 heterocycles. The van der Waals surface area contributed by atoms with Crippen LogP contribution in [0.5, 0.6) is 5.75 Å². The van der Waals surface area contributed by atoms with Gasteiger partial charge < -0.3 is 10.4 Å². The number of benzene rings is 2. The lowest BCUT2D eigenvalue weighted by molar-refractivity contribution is -0.394. The van der Waals surface area contributed by atoms with E-state index in [9.17, 15) is 30.1 Å². The van der Waals surface area contributed by atoms with Crippen molar-refractivity contribution in [2.75, 3.05) is 5.32 Å². The highest BCUT2D eigenvalue weighted by molar-refractivity contribution is 5.89. The number of non-ortho nitro benzene ring substituents is 1. The monoisotopic (exact) mass is 387 g/mol. The van der Waals surface area contributed by atoms with Crippen molar-refractivity contribution in [3.05, 3.63) is 67.8 Å². The smallest absolute Gasteiger partial charge is 0.318 e. The van der Waals surface area contributed by atoms with Crippen LogP contribution in [0, 0.1) is 27.2 Å². The molecule has 0 aliphatic carbocycles. The molecule has 1 atom stereocenters. The number of carbonyl (C=O) groups is 1. The lowest BCUT2D eigenvalue weighted by Crippen LogP contribution is -2.34. The van der Waals surface area contributed by atoms with E-state index in [0.717, 1.165) is 23.5 Å². The van der Waals surface area contributed by atoms with Crippen molar-refractivity contribution in [1.82, 2.24) is 5.43 Å².